The molecule has 0 bridgehead atoms. The molecule has 2 aromatic rings. The van der Waals surface area contributed by atoms with Crippen LogP contribution in [0.15, 0.2) is 59.5 Å². The van der Waals surface area contributed by atoms with Crippen LogP contribution in [-0.4, -0.2) is 99.2 Å². The van der Waals surface area contributed by atoms with E-state index < -0.39 is 28.0 Å². The van der Waals surface area contributed by atoms with E-state index in [-0.39, 0.29) is 42.2 Å². The van der Waals surface area contributed by atoms with Gasteiger partial charge >= 0.3 is 5.97 Å². The summed E-state index contributed by atoms with van der Waals surface area (Å²) in [6.45, 7) is 2.21. The molecule has 6 atom stereocenters. The molecular weight excluding hydrogens is 596 g/mol. The highest BCUT2D eigenvalue weighted by Gasteiger charge is 2.45. The first kappa shape index (κ1) is 32.4. The van der Waals surface area contributed by atoms with E-state index >= 15 is 0 Å². The lowest BCUT2D eigenvalue weighted by Crippen LogP contribution is -2.48. The van der Waals surface area contributed by atoms with Crippen LogP contribution in [0.1, 0.15) is 50.5 Å². The lowest BCUT2D eigenvalue weighted by molar-refractivity contribution is -0.153. The van der Waals surface area contributed by atoms with Crippen molar-refractivity contribution in [1.29, 1.82) is 0 Å². The highest BCUT2D eigenvalue weighted by atomic mass is 32.2. The number of aliphatic hydroxyl groups is 1. The van der Waals surface area contributed by atoms with Crippen molar-refractivity contribution in [3.05, 3.63) is 60.2 Å². The fourth-order valence-corrected chi connectivity index (χ4v) is 9.17. The van der Waals surface area contributed by atoms with Crippen molar-refractivity contribution < 1.29 is 37.3 Å². The summed E-state index contributed by atoms with van der Waals surface area (Å²) in [7, 11) is -2.43. The van der Waals surface area contributed by atoms with E-state index in [1.165, 1.54) is 17.1 Å². The highest BCUT2D eigenvalue weighted by molar-refractivity contribution is 7.89. The molecule has 0 amide bonds. The van der Waals surface area contributed by atoms with Gasteiger partial charge in [0.2, 0.25) is 10.0 Å². The van der Waals surface area contributed by atoms with Gasteiger partial charge in [-0.3, -0.25) is 9.69 Å². The molecule has 246 valence electrons. The Morgan fingerprint density at radius 3 is 2.53 bits per heavy atom. The molecule has 1 saturated carbocycles. The van der Waals surface area contributed by atoms with Gasteiger partial charge in [0.05, 0.1) is 43.7 Å². The molecule has 2 aromatic carbocycles. The zero-order valence-corrected chi connectivity index (χ0v) is 26.9. The van der Waals surface area contributed by atoms with Gasteiger partial charge in [0.1, 0.15) is 11.9 Å². The summed E-state index contributed by atoms with van der Waals surface area (Å²) in [5, 5.41) is 11.8. The number of methoxy groups -OCH3 is 1. The van der Waals surface area contributed by atoms with E-state index in [1.807, 2.05) is 30.3 Å². The van der Waals surface area contributed by atoms with Gasteiger partial charge in [0, 0.05) is 37.6 Å². The second-order valence-corrected chi connectivity index (χ2v) is 14.8. The minimum absolute atomic E-state index is 0.0155. The predicted octanol–water partition coefficient (Wildman–Crippen LogP) is 3.62. The van der Waals surface area contributed by atoms with Crippen molar-refractivity contribution in [2.45, 2.75) is 86.8 Å². The average Bonchev–Trinajstić information content (AvgIpc) is 3.87. The quantitative estimate of drug-likeness (QED) is 0.327. The van der Waals surface area contributed by atoms with Gasteiger partial charge < -0.3 is 24.1 Å². The van der Waals surface area contributed by atoms with Crippen LogP contribution in [0, 0.1) is 11.8 Å². The minimum Gasteiger partial charge on any atom is -0.497 e. The first-order valence-corrected chi connectivity index (χ1v) is 17.8. The molecule has 1 aliphatic carbocycles. The summed E-state index contributed by atoms with van der Waals surface area (Å²) in [5.41, 5.74) is 0.959. The number of aliphatic hydroxyl groups excluding tert-OH is 1. The largest absolute Gasteiger partial charge is 0.497 e. The lowest BCUT2D eigenvalue weighted by atomic mass is 9.90. The van der Waals surface area contributed by atoms with Gasteiger partial charge in [-0.25, -0.2) is 8.42 Å². The van der Waals surface area contributed by atoms with Gasteiger partial charge in [0.25, 0.3) is 0 Å². The number of hydrogen-bond acceptors (Lipinski definition) is 9. The fourth-order valence-electron chi connectivity index (χ4n) is 7.50. The molecule has 3 aliphatic heterocycles. The number of ether oxygens (including phenoxy) is 4. The number of rotatable bonds is 13. The van der Waals surface area contributed by atoms with Crippen molar-refractivity contribution in [2.75, 3.05) is 40.0 Å². The number of fused-ring (bicyclic) bond motifs is 1. The van der Waals surface area contributed by atoms with Crippen LogP contribution in [-0.2, 0) is 35.4 Å². The molecule has 45 heavy (non-hydrogen) atoms. The van der Waals surface area contributed by atoms with Gasteiger partial charge in [-0.2, -0.15) is 4.31 Å². The number of likely N-dealkylation sites (tertiary alicyclic amines) is 1. The third-order valence-corrected chi connectivity index (χ3v) is 12.0. The number of benzene rings is 2. The monoisotopic (exact) mass is 642 g/mol. The Balaban J connectivity index is 1.22. The Morgan fingerprint density at radius 2 is 1.80 bits per heavy atom. The molecule has 6 rings (SSSR count). The maximum absolute atomic E-state index is 14.3. The first-order chi connectivity index (χ1) is 21.8. The SMILES string of the molecule is COc1ccc(S(=O)(=O)N(C[C@@H](O)[C@@H](CC(=O)OC2CO[C@H]3OCCC23)Cc2ccccc2)C2CCN(C3CCCC3)C2)cc1. The molecule has 0 radical (unpaired) electrons. The van der Waals surface area contributed by atoms with Crippen molar-refractivity contribution in [3.63, 3.8) is 0 Å². The Morgan fingerprint density at radius 1 is 1.04 bits per heavy atom. The van der Waals surface area contributed by atoms with Crippen molar-refractivity contribution in [3.8, 4) is 5.75 Å². The second kappa shape index (κ2) is 14.5. The van der Waals surface area contributed by atoms with Crippen LogP contribution in [0.3, 0.4) is 0 Å². The highest BCUT2D eigenvalue weighted by Crippen LogP contribution is 2.34. The van der Waals surface area contributed by atoms with Crippen LogP contribution >= 0.6 is 0 Å². The number of esters is 1. The summed E-state index contributed by atoms with van der Waals surface area (Å²) in [6, 6.07) is 16.3. The third kappa shape index (κ3) is 7.55. The summed E-state index contributed by atoms with van der Waals surface area (Å²) in [6.07, 6.45) is 4.70. The lowest BCUT2D eigenvalue weighted by Gasteiger charge is -2.33. The number of sulfonamides is 1. The summed E-state index contributed by atoms with van der Waals surface area (Å²) < 4.78 is 52.4. The molecule has 1 N–H and O–H groups in total. The molecular formula is C34H46N2O8S. The van der Waals surface area contributed by atoms with Crippen molar-refractivity contribution >= 4 is 16.0 Å². The van der Waals surface area contributed by atoms with Gasteiger partial charge in [-0.05, 0) is 61.9 Å². The molecule has 0 spiro atoms. The Labute approximate surface area is 266 Å². The van der Waals surface area contributed by atoms with Crippen molar-refractivity contribution in [1.82, 2.24) is 9.21 Å². The molecule has 11 heteroatoms. The van der Waals surface area contributed by atoms with Crippen LogP contribution in [0.25, 0.3) is 0 Å². The second-order valence-electron chi connectivity index (χ2n) is 12.9. The maximum atomic E-state index is 14.3. The molecule has 3 unspecified atom stereocenters. The average molecular weight is 643 g/mol. The number of hydrogen-bond donors (Lipinski definition) is 1. The van der Waals surface area contributed by atoms with E-state index in [2.05, 4.69) is 4.90 Å². The summed E-state index contributed by atoms with van der Waals surface area (Å²) >= 11 is 0. The number of carbonyl (C=O) groups is 1. The Kier molecular flexibility index (Phi) is 10.4. The van der Waals surface area contributed by atoms with E-state index in [4.69, 9.17) is 18.9 Å². The van der Waals surface area contributed by atoms with Gasteiger partial charge in [-0.15, -0.1) is 0 Å². The molecule has 10 nitrogen and oxygen atoms in total. The number of nitrogens with zero attached hydrogens (tertiary/aromatic N) is 2. The zero-order chi connectivity index (χ0) is 31.4. The summed E-state index contributed by atoms with van der Waals surface area (Å²) in [4.78, 5) is 15.9. The standard InChI is InChI=1S/C34H46N2O8S/c1-41-28-11-13-29(14-12-28)45(39,40)36(27-15-17-35(21-27)26-9-5-6-10-26)22-31(37)25(19-24-7-3-2-4-8-24)20-33(38)44-32-23-43-34-30(32)16-18-42-34/h2-4,7-8,11-14,25-27,30-32,34,37H,5-6,9-10,15-23H2,1H3/t25-,27?,30?,31-,32?,34-/m1/s1. The fraction of sp³-hybridized carbons (Fsp3) is 0.618. The number of carbonyl (C=O) groups excluding carboxylic acids is 1. The zero-order valence-electron chi connectivity index (χ0n) is 26.0. The topological polar surface area (TPSA) is 115 Å². The van der Waals surface area contributed by atoms with Crippen molar-refractivity contribution in [2.24, 2.45) is 11.8 Å². The van der Waals surface area contributed by atoms with Gasteiger partial charge in [0.15, 0.2) is 6.29 Å². The summed E-state index contributed by atoms with van der Waals surface area (Å²) in [5.74, 6) is -0.395. The molecule has 4 fully saturated rings. The normalized spacial score (nSPS) is 27.1. The van der Waals surface area contributed by atoms with E-state index in [0.29, 0.717) is 44.4 Å². The van der Waals surface area contributed by atoms with Crippen LogP contribution in [0.4, 0.5) is 0 Å². The van der Waals surface area contributed by atoms with E-state index in [9.17, 15) is 18.3 Å². The Hall–Kier alpha value is -2.54. The van der Waals surface area contributed by atoms with Crippen LogP contribution in [0.2, 0.25) is 0 Å². The van der Waals surface area contributed by atoms with E-state index in [0.717, 1.165) is 31.4 Å². The Bertz CT molecular complexity index is 1370. The third-order valence-electron chi connectivity index (χ3n) is 10.1. The molecule has 0 aromatic heterocycles. The van der Waals surface area contributed by atoms with Crippen LogP contribution < -0.4 is 4.74 Å². The van der Waals surface area contributed by atoms with Gasteiger partial charge in [-0.1, -0.05) is 43.2 Å². The minimum atomic E-state index is -3.97. The molecule has 3 heterocycles. The van der Waals surface area contributed by atoms with E-state index in [1.54, 1.807) is 31.4 Å². The predicted molar refractivity (Wildman–Crippen MR) is 167 cm³/mol. The maximum Gasteiger partial charge on any atom is 0.306 e. The molecule has 4 aliphatic rings. The van der Waals surface area contributed by atoms with Crippen LogP contribution in [0.5, 0.6) is 5.75 Å². The smallest absolute Gasteiger partial charge is 0.306 e. The molecule has 3 saturated heterocycles. The first-order valence-electron chi connectivity index (χ1n) is 16.4.